The molecule has 0 aromatic carbocycles. The van der Waals surface area contributed by atoms with Gasteiger partial charge in [-0.3, -0.25) is 9.35 Å². The molecule has 152 valence electrons. The fourth-order valence-corrected chi connectivity index (χ4v) is 1.85. The second kappa shape index (κ2) is 12.5. The number of rotatable bonds is 11. The summed E-state index contributed by atoms with van der Waals surface area (Å²) in [4.78, 5) is 35.6. The smallest absolute Gasteiger partial charge is 1.00 e. The summed E-state index contributed by atoms with van der Waals surface area (Å²) in [7, 11) is -4.32. The summed E-state index contributed by atoms with van der Waals surface area (Å²) >= 11 is 0. The molecule has 0 bridgehead atoms. The molecule has 0 fully saturated rings. The van der Waals surface area contributed by atoms with E-state index in [0.29, 0.717) is 0 Å². The van der Waals surface area contributed by atoms with E-state index in [1.54, 1.807) is 6.92 Å². The van der Waals surface area contributed by atoms with Crippen LogP contribution >= 0.6 is 0 Å². The second-order valence-electron chi connectivity index (χ2n) is 5.77. The maximum Gasteiger partial charge on any atom is 2.00 e. The van der Waals surface area contributed by atoms with Crippen LogP contribution in [0.4, 0.5) is 0 Å². The Morgan fingerprint density at radius 1 is 1.00 bits per heavy atom. The van der Waals surface area contributed by atoms with E-state index in [0.717, 1.165) is 0 Å². The average molecular weight is 435 g/mol. The van der Waals surface area contributed by atoms with Crippen LogP contribution in [0.2, 0.25) is 0 Å². The van der Waals surface area contributed by atoms with E-state index in [9.17, 15) is 22.8 Å². The number of esters is 3. The van der Waals surface area contributed by atoms with Crippen molar-refractivity contribution < 1.29 is 44.4 Å². The van der Waals surface area contributed by atoms with Gasteiger partial charge in [0, 0.05) is 11.1 Å². The first-order valence-corrected chi connectivity index (χ1v) is 9.23. The topological polar surface area (TPSA) is 133 Å². The van der Waals surface area contributed by atoms with Crippen LogP contribution in [0.5, 0.6) is 0 Å². The number of carbonyl (C=O) groups is 3. The summed E-state index contributed by atoms with van der Waals surface area (Å²) in [5, 5.41) is 0. The summed E-state index contributed by atoms with van der Waals surface area (Å²) in [5.74, 6) is -3.23. The fourth-order valence-electron chi connectivity index (χ4n) is 1.55. The van der Waals surface area contributed by atoms with Crippen LogP contribution in [0.3, 0.4) is 0 Å². The Morgan fingerprint density at radius 3 is 1.70 bits per heavy atom. The monoisotopic (exact) mass is 434 g/mol. The largest absolute Gasteiger partial charge is 2.00 e. The van der Waals surface area contributed by atoms with Gasteiger partial charge in [-0.05, 0) is 20.3 Å². The van der Waals surface area contributed by atoms with Gasteiger partial charge >= 0.3 is 55.6 Å². The Morgan fingerprint density at radius 2 is 1.41 bits per heavy atom. The number of ether oxygens (including phenoxy) is 3. The number of hydrogen-bond donors (Lipinski definition) is 1. The van der Waals surface area contributed by atoms with Crippen LogP contribution in [-0.2, 0) is 38.7 Å². The Bertz CT molecular complexity index is 663. The van der Waals surface area contributed by atoms with Crippen LogP contribution in [0.25, 0.3) is 0 Å². The van der Waals surface area contributed by atoms with Crippen molar-refractivity contribution in [2.75, 3.05) is 25.6 Å². The van der Waals surface area contributed by atoms with Crippen molar-refractivity contribution in [2.45, 2.75) is 27.2 Å². The minimum absolute atomic E-state index is 0. The van der Waals surface area contributed by atoms with Crippen molar-refractivity contribution in [3.05, 3.63) is 24.3 Å². The van der Waals surface area contributed by atoms with Crippen LogP contribution in [0.15, 0.2) is 24.3 Å². The third kappa shape index (κ3) is 10.8. The summed E-state index contributed by atoms with van der Waals surface area (Å²) in [6, 6.07) is 0. The standard InChI is InChI=1S/C16H24O9S.Ca.2H/c1-6-16(9-24-13(17)11(2)3,10-25-14(18)12(4)5)15(19)23-7-8-26(20,21)22;;;/h2,4,6-10H2,1,3,5H3,(H,20,21,22);;;/q;+2;2*-1. The van der Waals surface area contributed by atoms with Crippen molar-refractivity contribution >= 4 is 65.8 Å². The van der Waals surface area contributed by atoms with E-state index >= 15 is 0 Å². The molecule has 0 saturated heterocycles. The molecule has 0 heterocycles. The zero-order valence-corrected chi connectivity index (χ0v) is 18.8. The van der Waals surface area contributed by atoms with E-state index in [-0.39, 0.29) is 58.2 Å². The molecule has 0 aliphatic rings. The molecule has 0 aromatic rings. The predicted molar refractivity (Wildman–Crippen MR) is 99.6 cm³/mol. The van der Waals surface area contributed by atoms with E-state index in [1.807, 2.05) is 0 Å². The normalized spacial score (nSPS) is 11.0. The Hall–Kier alpha value is -0.940. The predicted octanol–water partition coefficient (Wildman–Crippen LogP) is 0.897. The number of carbonyl (C=O) groups excluding carboxylic acids is 3. The summed E-state index contributed by atoms with van der Waals surface area (Å²) in [6.07, 6.45) is 0.0602. The van der Waals surface area contributed by atoms with Crippen molar-refractivity contribution in [1.29, 1.82) is 0 Å². The van der Waals surface area contributed by atoms with Gasteiger partial charge in [0.25, 0.3) is 10.1 Å². The van der Waals surface area contributed by atoms with Gasteiger partial charge < -0.3 is 17.1 Å². The van der Waals surface area contributed by atoms with Gasteiger partial charge in [-0.25, -0.2) is 9.59 Å². The maximum absolute atomic E-state index is 12.4. The van der Waals surface area contributed by atoms with Crippen LogP contribution in [0, 0.1) is 5.41 Å². The van der Waals surface area contributed by atoms with Gasteiger partial charge in [-0.15, -0.1) is 0 Å². The van der Waals surface area contributed by atoms with E-state index in [2.05, 4.69) is 13.2 Å². The molecule has 0 saturated carbocycles. The Kier molecular flexibility index (Phi) is 13.1. The molecule has 27 heavy (non-hydrogen) atoms. The molecule has 0 aliphatic heterocycles. The molecule has 0 radical (unpaired) electrons. The van der Waals surface area contributed by atoms with Gasteiger partial charge in [0.1, 0.15) is 31.0 Å². The van der Waals surface area contributed by atoms with Crippen LogP contribution in [-0.4, -0.2) is 94.2 Å². The molecule has 11 heteroatoms. The molecule has 9 nitrogen and oxygen atoms in total. The molecule has 0 amide bonds. The summed E-state index contributed by atoms with van der Waals surface area (Å²) in [6.45, 7) is 9.70. The molecule has 1 N–H and O–H groups in total. The molecule has 0 rings (SSSR count). The third-order valence-corrected chi connectivity index (χ3v) is 4.02. The SMILES string of the molecule is C=C(C)C(=O)OCC(CC)(COC(=O)C(=C)C)C(=O)OCCS(=O)(=O)O.[Ca+2].[H-].[H-]. The van der Waals surface area contributed by atoms with Gasteiger partial charge in [0.2, 0.25) is 0 Å². The summed E-state index contributed by atoms with van der Waals surface area (Å²) < 4.78 is 45.0. The maximum atomic E-state index is 12.4. The van der Waals surface area contributed by atoms with Gasteiger partial charge in [0.05, 0.1) is 0 Å². The second-order valence-corrected chi connectivity index (χ2v) is 7.34. The van der Waals surface area contributed by atoms with Crippen LogP contribution in [0.1, 0.15) is 30.0 Å². The van der Waals surface area contributed by atoms with Crippen molar-refractivity contribution in [1.82, 2.24) is 0 Å². The Balaban J connectivity index is -0.00000104. The molecule has 0 spiro atoms. The summed E-state index contributed by atoms with van der Waals surface area (Å²) in [5.41, 5.74) is -1.34. The zero-order valence-electron chi connectivity index (χ0n) is 17.8. The van der Waals surface area contributed by atoms with Crippen LogP contribution < -0.4 is 0 Å². The fraction of sp³-hybridized carbons (Fsp3) is 0.562. The van der Waals surface area contributed by atoms with Crippen molar-refractivity contribution in [3.8, 4) is 0 Å². The molecule has 0 aromatic heterocycles. The van der Waals surface area contributed by atoms with E-state index in [4.69, 9.17) is 18.8 Å². The van der Waals surface area contributed by atoms with E-state index < -0.39 is 59.0 Å². The van der Waals surface area contributed by atoms with Crippen molar-refractivity contribution in [2.24, 2.45) is 5.41 Å². The quantitative estimate of drug-likeness (QED) is 0.165. The van der Waals surface area contributed by atoms with Crippen molar-refractivity contribution in [3.63, 3.8) is 0 Å². The first-order valence-electron chi connectivity index (χ1n) is 7.62. The molecule has 0 atom stereocenters. The third-order valence-electron chi connectivity index (χ3n) is 3.34. The average Bonchev–Trinajstić information content (AvgIpc) is 2.53. The van der Waals surface area contributed by atoms with Gasteiger partial charge in [-0.1, -0.05) is 20.1 Å². The Labute approximate surface area is 191 Å². The first-order chi connectivity index (χ1) is 11.8. The first kappa shape index (κ1) is 28.3. The zero-order chi connectivity index (χ0) is 20.5. The number of hydrogen-bond acceptors (Lipinski definition) is 8. The molecular formula is C16H26CaO9S. The van der Waals surface area contributed by atoms with E-state index in [1.165, 1.54) is 13.8 Å². The molecule has 0 unspecified atom stereocenters. The molecule has 0 aliphatic carbocycles. The minimum Gasteiger partial charge on any atom is -1.00 e. The minimum atomic E-state index is -4.32. The van der Waals surface area contributed by atoms with Gasteiger partial charge in [0.15, 0.2) is 0 Å². The molecular weight excluding hydrogens is 408 g/mol. The van der Waals surface area contributed by atoms with Gasteiger partial charge in [-0.2, -0.15) is 8.42 Å².